The van der Waals surface area contributed by atoms with E-state index < -0.39 is 5.97 Å². The van der Waals surface area contributed by atoms with Crippen LogP contribution in [0.3, 0.4) is 0 Å². The molecule has 0 amide bonds. The predicted octanol–water partition coefficient (Wildman–Crippen LogP) is 5.86. The van der Waals surface area contributed by atoms with E-state index in [-0.39, 0.29) is 42.4 Å². The van der Waals surface area contributed by atoms with E-state index in [0.29, 0.717) is 12.5 Å². The van der Waals surface area contributed by atoms with Crippen LogP contribution < -0.4 is 10.6 Å². The van der Waals surface area contributed by atoms with Crippen LogP contribution in [0.4, 0.5) is 10.2 Å². The van der Waals surface area contributed by atoms with E-state index in [4.69, 9.17) is 9.97 Å². The quantitative estimate of drug-likeness (QED) is 0.166. The fourth-order valence-electron chi connectivity index (χ4n) is 8.41. The van der Waals surface area contributed by atoms with Gasteiger partial charge in [0.25, 0.3) is 0 Å². The standard InChI is InChI=1S/C38H54FN7O3/c1-3-33(25-11-13-26(14-12-25)38(48)49)40-21-36-42-34-16-15-28(27-8-7-9-30(39)18-27)19-32(34)37(44-36)43-35(29-20-41-46(4-2)22-29)23-45-17-6-5-10-31(45)24-47/h7-9,18,20,22,25-26,28,31,33,35,40,47H,3-6,10-17,19,21,23-24H2,1-2H3,(H,48,49)(H,42,43,44)/t25?,26?,28-,31+,33-,35+/m1/s1. The number of aromatic nitrogens is 4. The molecule has 0 bridgehead atoms. The monoisotopic (exact) mass is 675 g/mol. The third-order valence-electron chi connectivity index (χ3n) is 11.4. The van der Waals surface area contributed by atoms with Gasteiger partial charge in [-0.25, -0.2) is 14.4 Å². The van der Waals surface area contributed by atoms with Gasteiger partial charge in [-0.3, -0.25) is 14.4 Å². The molecule has 2 aliphatic carbocycles. The molecule has 1 saturated carbocycles. The SMILES string of the molecule is CC[C@@H](NCc1nc2c(c(N[C@@H](CN3CCCC[C@H]3CO)c3cnn(CC)c3)n1)C[C@H](c1cccc(F)c1)CC2)C1CCC(C(=O)O)CC1. The summed E-state index contributed by atoms with van der Waals surface area (Å²) in [5.41, 5.74) is 4.22. The van der Waals surface area contributed by atoms with E-state index >= 15 is 0 Å². The number of aliphatic hydroxyl groups is 1. The average Bonchev–Trinajstić information content (AvgIpc) is 3.61. The van der Waals surface area contributed by atoms with Gasteiger partial charge in [0.05, 0.1) is 31.3 Å². The molecule has 0 spiro atoms. The number of carbonyl (C=O) groups is 1. The van der Waals surface area contributed by atoms with Gasteiger partial charge < -0.3 is 20.8 Å². The number of anilines is 1. The number of carboxylic acid groups (broad SMARTS) is 1. The van der Waals surface area contributed by atoms with Gasteiger partial charge in [-0.2, -0.15) is 5.10 Å². The smallest absolute Gasteiger partial charge is 0.306 e. The number of halogens is 1. The molecule has 4 N–H and O–H groups in total. The minimum Gasteiger partial charge on any atom is -0.481 e. The van der Waals surface area contributed by atoms with Gasteiger partial charge in [-0.1, -0.05) is 25.5 Å². The first kappa shape index (κ1) is 35.4. The van der Waals surface area contributed by atoms with Crippen LogP contribution in [-0.2, 0) is 30.7 Å². The van der Waals surface area contributed by atoms with Gasteiger partial charge in [0.2, 0.25) is 0 Å². The third kappa shape index (κ3) is 8.67. The number of aryl methyl sites for hydroxylation is 2. The van der Waals surface area contributed by atoms with Gasteiger partial charge in [0.15, 0.2) is 0 Å². The van der Waals surface area contributed by atoms with E-state index in [1.165, 1.54) is 6.07 Å². The number of hydrogen-bond acceptors (Lipinski definition) is 8. The summed E-state index contributed by atoms with van der Waals surface area (Å²) in [5.74, 6) is 1.07. The van der Waals surface area contributed by atoms with Crippen molar-refractivity contribution in [3.63, 3.8) is 0 Å². The largest absolute Gasteiger partial charge is 0.481 e. The van der Waals surface area contributed by atoms with Crippen molar-refractivity contribution < 1.29 is 19.4 Å². The molecule has 2 aromatic heterocycles. The molecular formula is C38H54FN7O3. The van der Waals surface area contributed by atoms with Crippen LogP contribution >= 0.6 is 0 Å². The Labute approximate surface area is 289 Å². The normalized spacial score (nSPS) is 24.2. The minimum absolute atomic E-state index is 0.102. The zero-order valence-corrected chi connectivity index (χ0v) is 29.2. The van der Waals surface area contributed by atoms with Crippen LogP contribution in [0.15, 0.2) is 36.7 Å². The Balaban J connectivity index is 1.29. The summed E-state index contributed by atoms with van der Waals surface area (Å²) >= 11 is 0. The highest BCUT2D eigenvalue weighted by Crippen LogP contribution is 2.37. The van der Waals surface area contributed by atoms with E-state index in [9.17, 15) is 19.4 Å². The highest BCUT2D eigenvalue weighted by Gasteiger charge is 2.32. The molecule has 266 valence electrons. The summed E-state index contributed by atoms with van der Waals surface area (Å²) in [7, 11) is 0. The van der Waals surface area contributed by atoms with Crippen molar-refractivity contribution in [2.24, 2.45) is 11.8 Å². The van der Waals surface area contributed by atoms with E-state index in [2.05, 4.69) is 40.7 Å². The highest BCUT2D eigenvalue weighted by atomic mass is 19.1. The summed E-state index contributed by atoms with van der Waals surface area (Å²) in [6.45, 7) is 7.39. The Morgan fingerprint density at radius 2 is 1.94 bits per heavy atom. The molecule has 0 unspecified atom stereocenters. The number of rotatable bonds is 14. The van der Waals surface area contributed by atoms with Gasteiger partial charge in [-0.05, 0) is 107 Å². The molecule has 11 heteroatoms. The summed E-state index contributed by atoms with van der Waals surface area (Å²) in [4.78, 5) is 24.3. The van der Waals surface area contributed by atoms with Crippen molar-refractivity contribution in [3.05, 3.63) is 70.7 Å². The zero-order valence-electron chi connectivity index (χ0n) is 29.2. The summed E-state index contributed by atoms with van der Waals surface area (Å²) in [5, 5.41) is 31.9. The Morgan fingerprint density at radius 3 is 2.65 bits per heavy atom. The van der Waals surface area contributed by atoms with Gasteiger partial charge in [0.1, 0.15) is 17.5 Å². The summed E-state index contributed by atoms with van der Waals surface area (Å²) in [6.07, 6.45) is 13.9. The van der Waals surface area contributed by atoms with Crippen LogP contribution in [0.1, 0.15) is 112 Å². The van der Waals surface area contributed by atoms with E-state index in [1.54, 1.807) is 12.1 Å². The number of likely N-dealkylation sites (tertiary alicyclic amines) is 1. The van der Waals surface area contributed by atoms with Crippen LogP contribution in [-0.4, -0.2) is 72.6 Å². The van der Waals surface area contributed by atoms with Crippen molar-refractivity contribution in [3.8, 4) is 0 Å². The number of benzene rings is 1. The third-order valence-corrected chi connectivity index (χ3v) is 11.4. The van der Waals surface area contributed by atoms with E-state index in [1.807, 2.05) is 16.9 Å². The Bertz CT molecular complexity index is 1540. The number of aliphatic carboxylic acids is 1. The number of hydrogen-bond donors (Lipinski definition) is 4. The van der Waals surface area contributed by atoms with Gasteiger partial charge in [0, 0.05) is 48.2 Å². The molecule has 1 saturated heterocycles. The topological polar surface area (TPSA) is 128 Å². The molecule has 1 aromatic carbocycles. The number of fused-ring (bicyclic) bond motifs is 1. The summed E-state index contributed by atoms with van der Waals surface area (Å²) < 4.78 is 16.2. The zero-order chi connectivity index (χ0) is 34.3. The van der Waals surface area contributed by atoms with Crippen molar-refractivity contribution in [2.75, 3.05) is 25.0 Å². The molecule has 6 rings (SSSR count). The van der Waals surface area contributed by atoms with Gasteiger partial charge >= 0.3 is 5.97 Å². The van der Waals surface area contributed by atoms with Crippen molar-refractivity contribution in [1.82, 2.24) is 30.0 Å². The molecular weight excluding hydrogens is 621 g/mol. The maximum absolute atomic E-state index is 14.3. The van der Waals surface area contributed by atoms with Gasteiger partial charge in [-0.15, -0.1) is 0 Å². The number of carboxylic acids is 1. The fraction of sp³-hybridized carbons (Fsp3) is 0.632. The second-order valence-electron chi connectivity index (χ2n) is 14.4. The van der Waals surface area contributed by atoms with Crippen molar-refractivity contribution in [2.45, 2.75) is 122 Å². The lowest BCUT2D eigenvalue weighted by Gasteiger charge is -2.37. The molecule has 0 radical (unpaired) electrons. The predicted molar refractivity (Wildman–Crippen MR) is 188 cm³/mol. The van der Waals surface area contributed by atoms with Crippen LogP contribution in [0.2, 0.25) is 0 Å². The number of nitrogens with one attached hydrogen (secondary N) is 2. The second-order valence-corrected chi connectivity index (χ2v) is 14.4. The first-order chi connectivity index (χ1) is 23.8. The number of nitrogens with zero attached hydrogens (tertiary/aromatic N) is 5. The molecule has 3 aliphatic rings. The minimum atomic E-state index is -0.672. The lowest BCUT2D eigenvalue weighted by molar-refractivity contribution is -0.143. The van der Waals surface area contributed by atoms with Crippen LogP contribution in [0.25, 0.3) is 0 Å². The maximum atomic E-state index is 14.3. The lowest BCUT2D eigenvalue weighted by Crippen LogP contribution is -2.45. The lowest BCUT2D eigenvalue weighted by atomic mass is 9.78. The molecule has 3 heterocycles. The van der Waals surface area contributed by atoms with Crippen molar-refractivity contribution in [1.29, 1.82) is 0 Å². The van der Waals surface area contributed by atoms with Crippen LogP contribution in [0, 0.1) is 17.7 Å². The molecule has 4 atom stereocenters. The molecule has 1 aliphatic heterocycles. The highest BCUT2D eigenvalue weighted by molar-refractivity contribution is 5.70. The number of aliphatic hydroxyl groups excluding tert-OH is 1. The molecule has 2 fully saturated rings. The molecule has 3 aromatic rings. The van der Waals surface area contributed by atoms with Crippen molar-refractivity contribution >= 4 is 11.8 Å². The fourth-order valence-corrected chi connectivity index (χ4v) is 8.41. The Morgan fingerprint density at radius 1 is 1.10 bits per heavy atom. The van der Waals surface area contributed by atoms with Crippen LogP contribution in [0.5, 0.6) is 0 Å². The average molecular weight is 676 g/mol. The number of piperidine rings is 1. The summed E-state index contributed by atoms with van der Waals surface area (Å²) in [6, 6.07) is 7.27. The molecule has 49 heavy (non-hydrogen) atoms. The second kappa shape index (κ2) is 16.5. The Hall–Kier alpha value is -3.41. The Kier molecular flexibility index (Phi) is 11.9. The first-order valence-electron chi connectivity index (χ1n) is 18.6. The molecule has 10 nitrogen and oxygen atoms in total. The van der Waals surface area contributed by atoms with E-state index in [0.717, 1.165) is 124 Å². The first-order valence-corrected chi connectivity index (χ1v) is 18.6. The maximum Gasteiger partial charge on any atom is 0.306 e.